The van der Waals surface area contributed by atoms with Gasteiger partial charge >= 0.3 is 5.97 Å². The minimum atomic E-state index is -0.849. The lowest BCUT2D eigenvalue weighted by Gasteiger charge is -2.26. The molecule has 4 nitrogen and oxygen atoms in total. The van der Waals surface area contributed by atoms with Gasteiger partial charge in [0, 0.05) is 12.1 Å². The molecule has 1 fully saturated rings. The number of carbonyl (C=O) groups is 1. The lowest BCUT2D eigenvalue weighted by Crippen LogP contribution is -2.40. The number of aromatic hydroxyl groups is 1. The highest BCUT2D eigenvalue weighted by atomic mass is 19.1. The molecule has 1 aliphatic heterocycles. The van der Waals surface area contributed by atoms with Crippen LogP contribution < -0.4 is 0 Å². The molecule has 5 heteroatoms. The van der Waals surface area contributed by atoms with Gasteiger partial charge in [0.05, 0.1) is 0 Å². The number of hydrogen-bond acceptors (Lipinski definition) is 3. The quantitative estimate of drug-likeness (QED) is 0.882. The third kappa shape index (κ3) is 3.44. The van der Waals surface area contributed by atoms with Crippen molar-refractivity contribution >= 4 is 5.97 Å². The summed E-state index contributed by atoms with van der Waals surface area (Å²) < 4.78 is 13.2. The van der Waals surface area contributed by atoms with Crippen LogP contribution in [0.25, 0.3) is 0 Å². The molecule has 19 heavy (non-hydrogen) atoms. The van der Waals surface area contributed by atoms with Crippen LogP contribution in [0, 0.1) is 5.82 Å². The topological polar surface area (TPSA) is 60.8 Å². The van der Waals surface area contributed by atoms with Gasteiger partial charge in [-0.25, -0.2) is 4.39 Å². The second-order valence-corrected chi connectivity index (χ2v) is 4.95. The standard InChI is InChI=1S/C14H18FNO3/c15-11-5-6-13(17)10(8-11)9-16-7-3-1-2-4-12(16)14(18)19/h5-6,8,12,17H,1-4,7,9H2,(H,18,19). The number of phenols is 1. The molecule has 104 valence electrons. The molecule has 1 aromatic rings. The van der Waals surface area contributed by atoms with E-state index in [1.54, 1.807) is 0 Å². The summed E-state index contributed by atoms with van der Waals surface area (Å²) in [5, 5.41) is 19.0. The molecular weight excluding hydrogens is 249 g/mol. The van der Waals surface area contributed by atoms with E-state index in [2.05, 4.69) is 0 Å². The highest BCUT2D eigenvalue weighted by molar-refractivity contribution is 5.73. The van der Waals surface area contributed by atoms with E-state index in [-0.39, 0.29) is 12.3 Å². The molecule has 1 aliphatic rings. The Morgan fingerprint density at radius 2 is 2.16 bits per heavy atom. The number of nitrogens with zero attached hydrogens (tertiary/aromatic N) is 1. The molecule has 1 saturated heterocycles. The van der Waals surface area contributed by atoms with Crippen LogP contribution in [-0.2, 0) is 11.3 Å². The first kappa shape index (κ1) is 13.8. The van der Waals surface area contributed by atoms with E-state index in [1.807, 2.05) is 4.90 Å². The van der Waals surface area contributed by atoms with E-state index >= 15 is 0 Å². The third-order valence-corrected chi connectivity index (χ3v) is 3.56. The lowest BCUT2D eigenvalue weighted by molar-refractivity contribution is -0.143. The van der Waals surface area contributed by atoms with Crippen LogP contribution >= 0.6 is 0 Å². The van der Waals surface area contributed by atoms with Gasteiger partial charge in [0.15, 0.2) is 0 Å². The zero-order chi connectivity index (χ0) is 13.8. The Morgan fingerprint density at radius 3 is 2.89 bits per heavy atom. The highest BCUT2D eigenvalue weighted by Crippen LogP contribution is 2.24. The van der Waals surface area contributed by atoms with Crippen LogP contribution in [0.5, 0.6) is 5.75 Å². The first-order valence-corrected chi connectivity index (χ1v) is 6.52. The van der Waals surface area contributed by atoms with E-state index in [4.69, 9.17) is 0 Å². The smallest absolute Gasteiger partial charge is 0.320 e. The van der Waals surface area contributed by atoms with E-state index in [9.17, 15) is 19.4 Å². The molecule has 1 heterocycles. The largest absolute Gasteiger partial charge is 0.508 e. The summed E-state index contributed by atoms with van der Waals surface area (Å²) in [6, 6.07) is 3.21. The van der Waals surface area contributed by atoms with Crippen molar-refractivity contribution in [2.24, 2.45) is 0 Å². The van der Waals surface area contributed by atoms with Gasteiger partial charge < -0.3 is 10.2 Å². The molecule has 0 bridgehead atoms. The maximum atomic E-state index is 13.2. The maximum absolute atomic E-state index is 13.2. The monoisotopic (exact) mass is 267 g/mol. The van der Waals surface area contributed by atoms with Crippen LogP contribution in [0.4, 0.5) is 4.39 Å². The van der Waals surface area contributed by atoms with Crippen molar-refractivity contribution in [3.63, 3.8) is 0 Å². The fourth-order valence-corrected chi connectivity index (χ4v) is 2.54. The van der Waals surface area contributed by atoms with Gasteiger partial charge in [0.25, 0.3) is 0 Å². The van der Waals surface area contributed by atoms with Crippen LogP contribution in [0.15, 0.2) is 18.2 Å². The molecule has 1 atom stereocenters. The SMILES string of the molecule is O=C(O)C1CCCCCN1Cc1cc(F)ccc1O. The van der Waals surface area contributed by atoms with Crippen molar-refractivity contribution in [3.05, 3.63) is 29.6 Å². The average Bonchev–Trinajstić information content (AvgIpc) is 2.59. The van der Waals surface area contributed by atoms with Crippen LogP contribution in [-0.4, -0.2) is 33.7 Å². The fraction of sp³-hybridized carbons (Fsp3) is 0.500. The predicted molar refractivity (Wildman–Crippen MR) is 68.4 cm³/mol. The molecule has 2 rings (SSSR count). The second kappa shape index (κ2) is 6.02. The Labute approximate surface area is 111 Å². The van der Waals surface area contributed by atoms with Crippen LogP contribution in [0.1, 0.15) is 31.2 Å². The summed E-state index contributed by atoms with van der Waals surface area (Å²) in [4.78, 5) is 13.1. The first-order chi connectivity index (χ1) is 9.08. The predicted octanol–water partition coefficient (Wildman–Crippen LogP) is 2.36. The number of aliphatic carboxylic acids is 1. The second-order valence-electron chi connectivity index (χ2n) is 4.95. The number of rotatable bonds is 3. The molecule has 1 aromatic carbocycles. The van der Waals surface area contributed by atoms with Crippen LogP contribution in [0.3, 0.4) is 0 Å². The van der Waals surface area contributed by atoms with Gasteiger partial charge in [-0.1, -0.05) is 12.8 Å². The van der Waals surface area contributed by atoms with Crippen molar-refractivity contribution in [2.75, 3.05) is 6.54 Å². The van der Waals surface area contributed by atoms with Crippen molar-refractivity contribution in [2.45, 2.75) is 38.3 Å². The molecule has 1 unspecified atom stereocenters. The summed E-state index contributed by atoms with van der Waals surface area (Å²) in [6.45, 7) is 0.924. The Morgan fingerprint density at radius 1 is 1.37 bits per heavy atom. The summed E-state index contributed by atoms with van der Waals surface area (Å²) >= 11 is 0. The summed E-state index contributed by atoms with van der Waals surface area (Å²) in [5.74, 6) is -1.26. The van der Waals surface area contributed by atoms with Crippen molar-refractivity contribution in [1.82, 2.24) is 4.90 Å². The Balaban J connectivity index is 2.18. The average molecular weight is 267 g/mol. The minimum absolute atomic E-state index is 0.00906. The van der Waals surface area contributed by atoms with E-state index in [1.165, 1.54) is 18.2 Å². The van der Waals surface area contributed by atoms with Crippen LogP contribution in [0.2, 0.25) is 0 Å². The molecule has 2 N–H and O–H groups in total. The summed E-state index contributed by atoms with van der Waals surface area (Å²) in [6.07, 6.45) is 3.43. The van der Waals surface area contributed by atoms with Gasteiger partial charge in [-0.3, -0.25) is 9.69 Å². The lowest BCUT2D eigenvalue weighted by atomic mass is 10.1. The normalized spacial score (nSPS) is 21.0. The Kier molecular flexibility index (Phi) is 4.37. The Hall–Kier alpha value is -1.62. The molecular formula is C14H18FNO3. The zero-order valence-electron chi connectivity index (χ0n) is 10.7. The highest BCUT2D eigenvalue weighted by Gasteiger charge is 2.27. The zero-order valence-corrected chi connectivity index (χ0v) is 10.7. The Bertz CT molecular complexity index is 464. The summed E-state index contributed by atoms with van der Waals surface area (Å²) in [7, 11) is 0. The van der Waals surface area contributed by atoms with E-state index in [0.717, 1.165) is 19.3 Å². The minimum Gasteiger partial charge on any atom is -0.508 e. The first-order valence-electron chi connectivity index (χ1n) is 6.52. The maximum Gasteiger partial charge on any atom is 0.320 e. The number of benzene rings is 1. The van der Waals surface area contributed by atoms with Crippen molar-refractivity contribution in [1.29, 1.82) is 0 Å². The number of phenolic OH excluding ortho intramolecular Hbond substituents is 1. The van der Waals surface area contributed by atoms with Gasteiger partial charge in [-0.2, -0.15) is 0 Å². The molecule has 0 aromatic heterocycles. The number of halogens is 1. The molecule has 0 aliphatic carbocycles. The van der Waals surface area contributed by atoms with Gasteiger partial charge in [-0.05, 0) is 37.6 Å². The number of likely N-dealkylation sites (tertiary alicyclic amines) is 1. The number of carboxylic acids is 1. The summed E-state index contributed by atoms with van der Waals surface area (Å²) in [5.41, 5.74) is 0.438. The van der Waals surface area contributed by atoms with Crippen molar-refractivity contribution in [3.8, 4) is 5.75 Å². The van der Waals surface area contributed by atoms with Gasteiger partial charge in [0.2, 0.25) is 0 Å². The van der Waals surface area contributed by atoms with Gasteiger partial charge in [-0.15, -0.1) is 0 Å². The molecule has 0 radical (unpaired) electrons. The van der Waals surface area contributed by atoms with Crippen molar-refractivity contribution < 1.29 is 19.4 Å². The molecule has 0 spiro atoms. The number of hydrogen-bond donors (Lipinski definition) is 2. The van der Waals surface area contributed by atoms with E-state index < -0.39 is 17.8 Å². The number of carboxylic acid groups (broad SMARTS) is 1. The third-order valence-electron chi connectivity index (χ3n) is 3.56. The molecule has 0 amide bonds. The molecule has 0 saturated carbocycles. The van der Waals surface area contributed by atoms with Gasteiger partial charge in [0.1, 0.15) is 17.6 Å². The van der Waals surface area contributed by atoms with E-state index in [0.29, 0.717) is 18.5 Å². The fourth-order valence-electron chi connectivity index (χ4n) is 2.54.